The molecule has 4 amide bonds. The molecule has 4 aromatic rings. The number of aromatic nitrogens is 2. The molecule has 1 fully saturated rings. The number of carbonyl (C=O) groups is 2. The Labute approximate surface area is 271 Å². The highest BCUT2D eigenvalue weighted by molar-refractivity contribution is 5.99. The minimum atomic E-state index is -0.334. The molecule has 0 radical (unpaired) electrons. The maximum absolute atomic E-state index is 13.0. The summed E-state index contributed by atoms with van der Waals surface area (Å²) in [7, 11) is 3.16. The van der Waals surface area contributed by atoms with Crippen molar-refractivity contribution in [1.29, 1.82) is 0 Å². The number of aryl methyl sites for hydroxylation is 1. The minimum absolute atomic E-state index is 0.132. The van der Waals surface area contributed by atoms with Crippen LogP contribution in [-0.2, 0) is 11.8 Å². The van der Waals surface area contributed by atoms with Crippen molar-refractivity contribution in [2.75, 3.05) is 43.3 Å². The lowest BCUT2D eigenvalue weighted by Gasteiger charge is -2.32. The van der Waals surface area contributed by atoms with Crippen LogP contribution in [0.3, 0.4) is 0 Å². The highest BCUT2D eigenvalue weighted by Gasteiger charge is 2.24. The average Bonchev–Trinajstić information content (AvgIpc) is 3.47. The van der Waals surface area contributed by atoms with Crippen LogP contribution in [0.1, 0.15) is 50.4 Å². The predicted molar refractivity (Wildman–Crippen MR) is 183 cm³/mol. The maximum Gasteiger partial charge on any atom is 0.324 e. The first-order chi connectivity index (χ1) is 22.0. The van der Waals surface area contributed by atoms with Crippen molar-refractivity contribution in [2.24, 2.45) is 5.92 Å². The van der Waals surface area contributed by atoms with Gasteiger partial charge in [0.1, 0.15) is 17.3 Å². The molecule has 0 spiro atoms. The number of nitrogens with one attached hydrogen (secondary N) is 3. The zero-order valence-electron chi connectivity index (χ0n) is 27.5. The Balaban J connectivity index is 1.13. The van der Waals surface area contributed by atoms with Crippen LogP contribution >= 0.6 is 0 Å². The Morgan fingerprint density at radius 3 is 2.20 bits per heavy atom. The quantitative estimate of drug-likeness (QED) is 0.187. The molecule has 0 bridgehead atoms. The third-order valence-electron chi connectivity index (χ3n) is 8.29. The van der Waals surface area contributed by atoms with Gasteiger partial charge in [0.05, 0.1) is 31.3 Å². The SMILES string of the molecule is COc1ccc(NC(=O)N2CCC(Cc3ccc(NC(=O)Nc4cc(C(C)(C)C)nn4-c4ccc(C)cc4)cc3)CC2)c(OC)c1. The van der Waals surface area contributed by atoms with E-state index in [9.17, 15) is 9.59 Å². The van der Waals surface area contributed by atoms with Gasteiger partial charge in [-0.1, -0.05) is 50.6 Å². The van der Waals surface area contributed by atoms with Crippen molar-refractivity contribution < 1.29 is 19.1 Å². The molecule has 242 valence electrons. The van der Waals surface area contributed by atoms with Crippen molar-refractivity contribution in [3.05, 3.63) is 89.6 Å². The molecule has 1 aliphatic rings. The van der Waals surface area contributed by atoms with E-state index in [1.807, 2.05) is 54.3 Å². The lowest BCUT2D eigenvalue weighted by molar-refractivity contribution is 0.182. The number of rotatable bonds is 8. The smallest absolute Gasteiger partial charge is 0.324 e. The average molecular weight is 625 g/mol. The van der Waals surface area contributed by atoms with Crippen LogP contribution in [0.2, 0.25) is 0 Å². The second-order valence-corrected chi connectivity index (χ2v) is 12.8. The lowest BCUT2D eigenvalue weighted by Crippen LogP contribution is -2.41. The molecule has 1 saturated heterocycles. The summed E-state index contributed by atoms with van der Waals surface area (Å²) < 4.78 is 12.4. The molecule has 10 nitrogen and oxygen atoms in total. The first kappa shape index (κ1) is 32.4. The molecule has 0 saturated carbocycles. The van der Waals surface area contributed by atoms with E-state index in [1.54, 1.807) is 37.1 Å². The van der Waals surface area contributed by atoms with E-state index in [-0.39, 0.29) is 17.5 Å². The summed E-state index contributed by atoms with van der Waals surface area (Å²) in [5.74, 6) is 2.30. The summed E-state index contributed by atoms with van der Waals surface area (Å²) in [6.07, 6.45) is 2.75. The molecule has 1 aliphatic heterocycles. The highest BCUT2D eigenvalue weighted by Crippen LogP contribution is 2.30. The fraction of sp³-hybridized carbons (Fsp3) is 0.361. The van der Waals surface area contributed by atoms with E-state index in [0.717, 1.165) is 36.2 Å². The van der Waals surface area contributed by atoms with Gasteiger partial charge >= 0.3 is 12.1 Å². The number of carbonyl (C=O) groups excluding carboxylic acids is 2. The van der Waals surface area contributed by atoms with Crippen molar-refractivity contribution in [1.82, 2.24) is 14.7 Å². The number of hydrogen-bond acceptors (Lipinski definition) is 5. The fourth-order valence-corrected chi connectivity index (χ4v) is 5.49. The normalized spacial score (nSPS) is 13.7. The number of hydrogen-bond donors (Lipinski definition) is 3. The van der Waals surface area contributed by atoms with Crippen LogP contribution in [-0.4, -0.2) is 54.1 Å². The summed E-state index contributed by atoms with van der Waals surface area (Å²) in [4.78, 5) is 27.8. The number of anilines is 3. The number of amides is 4. The second kappa shape index (κ2) is 14.0. The van der Waals surface area contributed by atoms with E-state index in [2.05, 4.69) is 48.9 Å². The van der Waals surface area contributed by atoms with Crippen molar-refractivity contribution in [2.45, 2.75) is 52.4 Å². The van der Waals surface area contributed by atoms with Crippen molar-refractivity contribution >= 4 is 29.3 Å². The Morgan fingerprint density at radius 2 is 1.57 bits per heavy atom. The van der Waals surface area contributed by atoms with Crippen molar-refractivity contribution in [3.8, 4) is 17.2 Å². The van der Waals surface area contributed by atoms with Gasteiger partial charge in [0, 0.05) is 36.3 Å². The van der Waals surface area contributed by atoms with Crippen LogP contribution in [0, 0.1) is 12.8 Å². The lowest BCUT2D eigenvalue weighted by atomic mass is 9.90. The monoisotopic (exact) mass is 624 g/mol. The summed E-state index contributed by atoms with van der Waals surface area (Å²) >= 11 is 0. The third-order valence-corrected chi connectivity index (χ3v) is 8.29. The van der Waals surface area contributed by atoms with Crippen LogP contribution in [0.4, 0.5) is 26.8 Å². The van der Waals surface area contributed by atoms with Gasteiger partial charge < -0.3 is 25.0 Å². The van der Waals surface area contributed by atoms with Gasteiger partial charge in [-0.25, -0.2) is 14.3 Å². The number of benzene rings is 3. The largest absolute Gasteiger partial charge is 0.497 e. The predicted octanol–water partition coefficient (Wildman–Crippen LogP) is 7.63. The molecule has 1 aromatic heterocycles. The molecule has 3 aromatic carbocycles. The Hall–Kier alpha value is -4.99. The molecule has 0 aliphatic carbocycles. The van der Waals surface area contributed by atoms with E-state index in [4.69, 9.17) is 14.6 Å². The first-order valence-electron chi connectivity index (χ1n) is 15.6. The number of ether oxygens (including phenoxy) is 2. The zero-order valence-corrected chi connectivity index (χ0v) is 27.5. The number of methoxy groups -OCH3 is 2. The summed E-state index contributed by atoms with van der Waals surface area (Å²) in [5, 5.41) is 13.7. The number of nitrogens with zero attached hydrogens (tertiary/aromatic N) is 3. The van der Waals surface area contributed by atoms with Gasteiger partial charge in [-0.3, -0.25) is 5.32 Å². The minimum Gasteiger partial charge on any atom is -0.497 e. The molecule has 2 heterocycles. The van der Waals surface area contributed by atoms with Crippen LogP contribution in [0.5, 0.6) is 11.5 Å². The molecule has 3 N–H and O–H groups in total. The zero-order chi connectivity index (χ0) is 32.8. The number of urea groups is 2. The standard InChI is InChI=1S/C36H44N6O4/c1-24-7-13-28(14-8-24)42-33(23-32(40-42)36(2,3)4)39-34(43)37-27-11-9-25(10-12-27)21-26-17-19-41(20-18-26)35(44)38-30-16-15-29(45-5)22-31(30)46-6/h7-16,22-23,26H,17-21H2,1-6H3,(H,38,44)(H2,37,39,43). The van der Waals surface area contributed by atoms with Gasteiger partial charge in [0.2, 0.25) is 0 Å². The first-order valence-corrected chi connectivity index (χ1v) is 15.6. The van der Waals surface area contributed by atoms with Gasteiger partial charge in [0.15, 0.2) is 0 Å². The third kappa shape index (κ3) is 7.99. The Kier molecular flexibility index (Phi) is 9.84. The van der Waals surface area contributed by atoms with Crippen LogP contribution < -0.4 is 25.4 Å². The molecule has 0 unspecified atom stereocenters. The maximum atomic E-state index is 13.0. The second-order valence-electron chi connectivity index (χ2n) is 12.8. The molecule has 46 heavy (non-hydrogen) atoms. The molecular weight excluding hydrogens is 580 g/mol. The van der Waals surface area contributed by atoms with E-state index >= 15 is 0 Å². The molecular formula is C36H44N6O4. The molecule has 5 rings (SSSR count). The summed E-state index contributed by atoms with van der Waals surface area (Å²) in [6.45, 7) is 9.71. The Bertz CT molecular complexity index is 1650. The van der Waals surface area contributed by atoms with Crippen LogP contribution in [0.25, 0.3) is 5.69 Å². The number of likely N-dealkylation sites (tertiary alicyclic amines) is 1. The molecule has 0 atom stereocenters. The van der Waals surface area contributed by atoms with Gasteiger partial charge in [-0.2, -0.15) is 5.10 Å². The van der Waals surface area contributed by atoms with E-state index < -0.39 is 0 Å². The van der Waals surface area contributed by atoms with Crippen LogP contribution in [0.15, 0.2) is 72.8 Å². The molecule has 10 heteroatoms. The number of piperidine rings is 1. The van der Waals surface area contributed by atoms with Gasteiger partial charge in [0.25, 0.3) is 0 Å². The summed E-state index contributed by atoms with van der Waals surface area (Å²) in [6, 6.07) is 22.8. The van der Waals surface area contributed by atoms with Gasteiger partial charge in [-0.05, 0) is 74.1 Å². The fourth-order valence-electron chi connectivity index (χ4n) is 5.49. The van der Waals surface area contributed by atoms with E-state index in [1.165, 1.54) is 5.56 Å². The highest BCUT2D eigenvalue weighted by atomic mass is 16.5. The van der Waals surface area contributed by atoms with Gasteiger partial charge in [-0.15, -0.1) is 0 Å². The topological polar surface area (TPSA) is 110 Å². The summed E-state index contributed by atoms with van der Waals surface area (Å²) in [5.41, 5.74) is 5.27. The van der Waals surface area contributed by atoms with E-state index in [0.29, 0.717) is 47.7 Å². The Morgan fingerprint density at radius 1 is 0.870 bits per heavy atom. The van der Waals surface area contributed by atoms with Crippen molar-refractivity contribution in [3.63, 3.8) is 0 Å².